The Morgan fingerprint density at radius 2 is 1.81 bits per heavy atom. The first-order chi connectivity index (χ1) is 15.4. The molecule has 0 aromatic heterocycles. The molecule has 1 unspecified atom stereocenters. The number of methoxy groups -OCH3 is 1. The van der Waals surface area contributed by atoms with Crippen molar-refractivity contribution in [1.82, 2.24) is 9.80 Å². The molecule has 2 saturated heterocycles. The number of hydrogen-bond donors (Lipinski definition) is 1. The van der Waals surface area contributed by atoms with E-state index in [-0.39, 0.29) is 12.0 Å². The number of anilines is 1. The third kappa shape index (κ3) is 4.96. The smallest absolute Gasteiger partial charge is 0.254 e. The van der Waals surface area contributed by atoms with E-state index in [9.17, 15) is 13.6 Å². The number of nitrogens with two attached hydrogens (primary N) is 1. The van der Waals surface area contributed by atoms with Gasteiger partial charge in [-0.2, -0.15) is 0 Å². The monoisotopic (exact) mass is 445 g/mol. The third-order valence-electron chi connectivity index (χ3n) is 6.35. The first-order valence-corrected chi connectivity index (χ1v) is 11.0. The highest BCUT2D eigenvalue weighted by atomic mass is 19.2. The molecular formula is C24H29F2N3O3. The fourth-order valence-corrected chi connectivity index (χ4v) is 4.57. The number of halogens is 2. The van der Waals surface area contributed by atoms with E-state index in [2.05, 4.69) is 4.90 Å². The molecule has 2 fully saturated rings. The number of piperidine rings is 2. The van der Waals surface area contributed by atoms with Crippen molar-refractivity contribution >= 4 is 11.6 Å². The molecule has 8 heteroatoms. The number of rotatable bonds is 5. The molecule has 2 heterocycles. The van der Waals surface area contributed by atoms with Gasteiger partial charge in [0.2, 0.25) is 0 Å². The van der Waals surface area contributed by atoms with E-state index < -0.39 is 11.6 Å². The predicted octanol–water partition coefficient (Wildman–Crippen LogP) is 3.70. The first-order valence-electron chi connectivity index (χ1n) is 11.0. The zero-order chi connectivity index (χ0) is 22.7. The summed E-state index contributed by atoms with van der Waals surface area (Å²) >= 11 is 0. The second-order valence-corrected chi connectivity index (χ2v) is 8.43. The van der Waals surface area contributed by atoms with Crippen LogP contribution in [-0.4, -0.2) is 61.1 Å². The van der Waals surface area contributed by atoms with Crippen LogP contribution in [0.2, 0.25) is 0 Å². The Balaban J connectivity index is 1.32. The van der Waals surface area contributed by atoms with E-state index in [1.54, 1.807) is 18.2 Å². The van der Waals surface area contributed by atoms with Crippen LogP contribution < -0.4 is 15.2 Å². The van der Waals surface area contributed by atoms with Crippen molar-refractivity contribution in [2.45, 2.75) is 37.8 Å². The second-order valence-electron chi connectivity index (χ2n) is 8.43. The minimum Gasteiger partial charge on any atom is -0.495 e. The maximum Gasteiger partial charge on any atom is 0.254 e. The number of hydrogen-bond acceptors (Lipinski definition) is 5. The van der Waals surface area contributed by atoms with Crippen LogP contribution in [0.25, 0.3) is 0 Å². The van der Waals surface area contributed by atoms with Gasteiger partial charge in [0.25, 0.3) is 5.91 Å². The van der Waals surface area contributed by atoms with Crippen molar-refractivity contribution in [1.29, 1.82) is 0 Å². The predicted molar refractivity (Wildman–Crippen MR) is 118 cm³/mol. The van der Waals surface area contributed by atoms with Crippen molar-refractivity contribution in [3.05, 3.63) is 53.6 Å². The maximum atomic E-state index is 13.4. The Bertz CT molecular complexity index is 964. The Kier molecular flexibility index (Phi) is 6.79. The topological polar surface area (TPSA) is 68.0 Å². The number of nitrogen functional groups attached to an aromatic ring is 1. The molecule has 0 aliphatic carbocycles. The number of carbonyl (C=O) groups excluding carboxylic acids is 1. The number of ether oxygens (including phenoxy) is 2. The van der Waals surface area contributed by atoms with E-state index in [4.69, 9.17) is 15.2 Å². The lowest BCUT2D eigenvalue weighted by Gasteiger charge is -2.42. The highest BCUT2D eigenvalue weighted by Crippen LogP contribution is 2.27. The number of nitrogens with zero attached hydrogens (tertiary/aromatic N) is 2. The molecule has 2 aliphatic rings. The van der Waals surface area contributed by atoms with Gasteiger partial charge >= 0.3 is 0 Å². The molecule has 172 valence electrons. The van der Waals surface area contributed by atoms with Crippen LogP contribution in [0.3, 0.4) is 0 Å². The Labute approximate surface area is 186 Å². The van der Waals surface area contributed by atoms with Crippen LogP contribution in [-0.2, 0) is 0 Å². The largest absolute Gasteiger partial charge is 0.495 e. The summed E-state index contributed by atoms with van der Waals surface area (Å²) in [6.07, 6.45) is 3.58. The summed E-state index contributed by atoms with van der Waals surface area (Å²) in [6.45, 7) is 3.10. The molecular weight excluding hydrogens is 416 g/mol. The summed E-state index contributed by atoms with van der Waals surface area (Å²) < 4.78 is 37.6. The number of amides is 1. The SMILES string of the molecule is COc1cc(C(=O)N2CCCC(N3CCC(Oc4ccc(F)c(F)c4)CC3)C2)ccc1N. The molecule has 1 atom stereocenters. The molecule has 0 spiro atoms. The van der Waals surface area contributed by atoms with Crippen LogP contribution >= 0.6 is 0 Å². The lowest BCUT2D eigenvalue weighted by molar-refractivity contribution is 0.0365. The van der Waals surface area contributed by atoms with Gasteiger partial charge in [-0.05, 0) is 56.0 Å². The average molecular weight is 446 g/mol. The van der Waals surface area contributed by atoms with E-state index in [0.717, 1.165) is 57.5 Å². The minimum absolute atomic E-state index is 0.00967. The van der Waals surface area contributed by atoms with Gasteiger partial charge in [0.05, 0.1) is 12.8 Å². The summed E-state index contributed by atoms with van der Waals surface area (Å²) in [7, 11) is 1.54. The summed E-state index contributed by atoms with van der Waals surface area (Å²) in [5.41, 5.74) is 6.96. The van der Waals surface area contributed by atoms with Crippen molar-refractivity contribution in [3.63, 3.8) is 0 Å². The van der Waals surface area contributed by atoms with Gasteiger partial charge in [0.15, 0.2) is 11.6 Å². The molecule has 2 aliphatic heterocycles. The van der Waals surface area contributed by atoms with E-state index in [1.807, 2.05) is 4.90 Å². The molecule has 0 saturated carbocycles. The second kappa shape index (κ2) is 9.73. The molecule has 32 heavy (non-hydrogen) atoms. The van der Waals surface area contributed by atoms with Crippen molar-refractivity contribution in [2.24, 2.45) is 0 Å². The van der Waals surface area contributed by atoms with Crippen molar-refractivity contribution in [3.8, 4) is 11.5 Å². The zero-order valence-corrected chi connectivity index (χ0v) is 18.2. The van der Waals surface area contributed by atoms with Crippen LogP contribution in [0.1, 0.15) is 36.0 Å². The van der Waals surface area contributed by atoms with Crippen molar-refractivity contribution < 1.29 is 23.0 Å². The lowest BCUT2D eigenvalue weighted by Crippen LogP contribution is -2.52. The maximum absolute atomic E-state index is 13.4. The quantitative estimate of drug-likeness (QED) is 0.711. The third-order valence-corrected chi connectivity index (χ3v) is 6.35. The fourth-order valence-electron chi connectivity index (χ4n) is 4.57. The Hall–Kier alpha value is -2.87. The van der Waals surface area contributed by atoms with Gasteiger partial charge in [-0.15, -0.1) is 0 Å². The normalized spacial score (nSPS) is 20.2. The van der Waals surface area contributed by atoms with E-state index >= 15 is 0 Å². The standard InChI is InChI=1S/C24H29F2N3O3/c1-31-23-13-16(4-7-22(23)27)24(30)29-10-2-3-17(15-29)28-11-8-18(9-12-28)32-19-5-6-20(25)21(26)14-19/h4-7,13-14,17-18H,2-3,8-12,15,27H2,1H3. The van der Waals surface area contributed by atoms with E-state index in [1.165, 1.54) is 13.2 Å². The minimum atomic E-state index is -0.898. The van der Waals surface area contributed by atoms with Gasteiger partial charge in [-0.3, -0.25) is 9.69 Å². The Morgan fingerprint density at radius 1 is 1.03 bits per heavy atom. The van der Waals surface area contributed by atoms with Crippen LogP contribution in [0.4, 0.5) is 14.5 Å². The molecule has 0 radical (unpaired) electrons. The van der Waals surface area contributed by atoms with Gasteiger partial charge in [-0.25, -0.2) is 8.78 Å². The summed E-state index contributed by atoms with van der Waals surface area (Å²) in [5, 5.41) is 0. The zero-order valence-electron chi connectivity index (χ0n) is 18.2. The summed E-state index contributed by atoms with van der Waals surface area (Å²) in [5.74, 6) is -0.917. The summed E-state index contributed by atoms with van der Waals surface area (Å²) in [4.78, 5) is 17.4. The van der Waals surface area contributed by atoms with Crippen LogP contribution in [0.5, 0.6) is 11.5 Å². The molecule has 2 N–H and O–H groups in total. The summed E-state index contributed by atoms with van der Waals surface area (Å²) in [6, 6.07) is 9.08. The molecule has 2 aromatic carbocycles. The number of benzene rings is 2. The van der Waals surface area contributed by atoms with Gasteiger partial charge < -0.3 is 20.1 Å². The van der Waals surface area contributed by atoms with Gasteiger partial charge in [0, 0.05) is 43.9 Å². The molecule has 2 aromatic rings. The first kappa shape index (κ1) is 22.3. The lowest BCUT2D eigenvalue weighted by atomic mass is 9.99. The highest BCUT2D eigenvalue weighted by Gasteiger charge is 2.31. The average Bonchev–Trinajstić information content (AvgIpc) is 2.82. The number of carbonyl (C=O) groups is 1. The fraction of sp³-hybridized carbons (Fsp3) is 0.458. The van der Waals surface area contributed by atoms with E-state index in [0.29, 0.717) is 35.3 Å². The van der Waals surface area contributed by atoms with Crippen molar-refractivity contribution in [2.75, 3.05) is 39.0 Å². The molecule has 4 rings (SSSR count). The Morgan fingerprint density at radius 3 is 2.53 bits per heavy atom. The molecule has 1 amide bonds. The van der Waals surface area contributed by atoms with Gasteiger partial charge in [-0.1, -0.05) is 0 Å². The number of likely N-dealkylation sites (tertiary alicyclic amines) is 2. The van der Waals surface area contributed by atoms with Gasteiger partial charge in [0.1, 0.15) is 17.6 Å². The molecule has 0 bridgehead atoms. The van der Waals surface area contributed by atoms with Crippen LogP contribution in [0.15, 0.2) is 36.4 Å². The van der Waals surface area contributed by atoms with Crippen LogP contribution in [0, 0.1) is 11.6 Å². The molecule has 6 nitrogen and oxygen atoms in total. The highest BCUT2D eigenvalue weighted by molar-refractivity contribution is 5.95.